The molecule has 1 aromatic carbocycles. The van der Waals surface area contributed by atoms with Gasteiger partial charge in [-0.15, -0.1) is 0 Å². The molecule has 1 heterocycles. The van der Waals surface area contributed by atoms with E-state index in [0.717, 1.165) is 16.3 Å². The summed E-state index contributed by atoms with van der Waals surface area (Å²) >= 11 is 1.71. The maximum Gasteiger partial charge on any atom is 0.125 e. The molecule has 1 radical (unpaired) electrons. The van der Waals surface area contributed by atoms with E-state index in [0.29, 0.717) is 0 Å². The number of benzene rings is 1. The van der Waals surface area contributed by atoms with Gasteiger partial charge in [-0.1, -0.05) is 60.4 Å². The van der Waals surface area contributed by atoms with Crippen molar-refractivity contribution in [3.63, 3.8) is 0 Å². The Hall–Kier alpha value is -2.52. The lowest BCUT2D eigenvalue weighted by Gasteiger charge is -2.08. The standard InChI is InChI=1S/C23H23N2S/c1-16-9-11-20(21-13-17(21)2)14-22(16)26-18(3)7-5-6-8-19-10-12-23(24-4)25-15-19/h5-15H,3H2,1-2,4H3,(H,24,25)/b7-5+,8-6+. The molecule has 0 amide bonds. The highest BCUT2D eigenvalue weighted by molar-refractivity contribution is 8.03. The van der Waals surface area contributed by atoms with Crippen molar-refractivity contribution < 1.29 is 0 Å². The Morgan fingerprint density at radius 1 is 1.15 bits per heavy atom. The van der Waals surface area contributed by atoms with Gasteiger partial charge in [-0.25, -0.2) is 4.98 Å². The number of allylic oxidation sites excluding steroid dienone is 5. The quantitative estimate of drug-likeness (QED) is 0.471. The summed E-state index contributed by atoms with van der Waals surface area (Å²) in [7, 11) is 1.86. The Morgan fingerprint density at radius 2 is 1.96 bits per heavy atom. The maximum absolute atomic E-state index is 4.29. The van der Waals surface area contributed by atoms with Crippen LogP contribution in [0.15, 0.2) is 82.8 Å². The molecule has 0 atom stereocenters. The second-order valence-corrected chi connectivity index (χ2v) is 7.40. The van der Waals surface area contributed by atoms with Crippen LogP contribution in [-0.2, 0) is 0 Å². The number of hydrogen-bond acceptors (Lipinski definition) is 3. The van der Waals surface area contributed by atoms with Crippen molar-refractivity contribution in [1.82, 2.24) is 4.98 Å². The Morgan fingerprint density at radius 3 is 2.62 bits per heavy atom. The van der Waals surface area contributed by atoms with Gasteiger partial charge in [-0.2, -0.15) is 0 Å². The molecule has 131 valence electrons. The number of hydrogen-bond donors (Lipinski definition) is 1. The predicted octanol–water partition coefficient (Wildman–Crippen LogP) is 6.19. The molecule has 0 aliphatic heterocycles. The van der Waals surface area contributed by atoms with E-state index in [1.54, 1.807) is 11.8 Å². The second-order valence-electron chi connectivity index (χ2n) is 6.23. The van der Waals surface area contributed by atoms with E-state index in [2.05, 4.69) is 55.0 Å². The average molecular weight is 360 g/mol. The molecular weight excluding hydrogens is 336 g/mol. The number of aryl methyl sites for hydroxylation is 1. The van der Waals surface area contributed by atoms with E-state index in [-0.39, 0.29) is 0 Å². The second kappa shape index (κ2) is 8.24. The molecule has 1 N–H and O–H groups in total. The third-order valence-electron chi connectivity index (χ3n) is 4.17. The Bertz CT molecular complexity index is 889. The largest absolute Gasteiger partial charge is 0.373 e. The summed E-state index contributed by atoms with van der Waals surface area (Å²) in [4.78, 5) is 6.57. The van der Waals surface area contributed by atoms with Crippen molar-refractivity contribution in [3.05, 3.63) is 100 Å². The zero-order valence-electron chi connectivity index (χ0n) is 15.4. The van der Waals surface area contributed by atoms with Crippen LogP contribution in [0.3, 0.4) is 0 Å². The SMILES string of the molecule is C=C(/C=C/C=C/c1ccc(NC)nc1)Sc1cc([C]2C=C2C)ccc1C. The van der Waals surface area contributed by atoms with Gasteiger partial charge in [0.25, 0.3) is 0 Å². The molecule has 0 spiro atoms. The number of thioether (sulfide) groups is 1. The summed E-state index contributed by atoms with van der Waals surface area (Å²) in [6.45, 7) is 8.46. The summed E-state index contributed by atoms with van der Waals surface area (Å²) in [5.74, 6) is 2.24. The Labute approximate surface area is 160 Å². The summed E-state index contributed by atoms with van der Waals surface area (Å²) < 4.78 is 0. The van der Waals surface area contributed by atoms with Crippen molar-refractivity contribution in [2.24, 2.45) is 0 Å². The van der Waals surface area contributed by atoms with Crippen LogP contribution in [0, 0.1) is 12.8 Å². The molecule has 1 aliphatic carbocycles. The third kappa shape index (κ3) is 4.77. The predicted molar refractivity (Wildman–Crippen MR) is 114 cm³/mol. The van der Waals surface area contributed by atoms with Gasteiger partial charge in [-0.05, 0) is 54.8 Å². The molecule has 2 aromatic rings. The van der Waals surface area contributed by atoms with Gasteiger partial charge in [0.1, 0.15) is 5.82 Å². The van der Waals surface area contributed by atoms with E-state index in [4.69, 9.17) is 0 Å². The lowest BCUT2D eigenvalue weighted by Crippen LogP contribution is -1.90. The van der Waals surface area contributed by atoms with Gasteiger partial charge in [0.15, 0.2) is 0 Å². The van der Waals surface area contributed by atoms with Crippen molar-refractivity contribution in [2.75, 3.05) is 12.4 Å². The minimum absolute atomic E-state index is 0.870. The first kappa shape index (κ1) is 18.3. The monoisotopic (exact) mass is 359 g/mol. The topological polar surface area (TPSA) is 24.9 Å². The first-order valence-corrected chi connectivity index (χ1v) is 9.40. The number of nitrogens with zero attached hydrogens (tertiary/aromatic N) is 1. The number of anilines is 1. The maximum atomic E-state index is 4.29. The first-order valence-electron chi connectivity index (χ1n) is 8.59. The highest BCUT2D eigenvalue weighted by Gasteiger charge is 2.23. The third-order valence-corrected chi connectivity index (χ3v) is 5.22. The summed E-state index contributed by atoms with van der Waals surface area (Å²) in [6, 6.07) is 10.6. The molecule has 2 nitrogen and oxygen atoms in total. The molecule has 0 fully saturated rings. The molecule has 1 aromatic heterocycles. The molecule has 3 rings (SSSR count). The molecule has 0 unspecified atom stereocenters. The van der Waals surface area contributed by atoms with E-state index in [9.17, 15) is 0 Å². The minimum atomic E-state index is 0.870. The van der Waals surface area contributed by atoms with Gasteiger partial charge >= 0.3 is 0 Å². The van der Waals surface area contributed by atoms with Crippen molar-refractivity contribution >= 4 is 23.7 Å². The fourth-order valence-electron chi connectivity index (χ4n) is 2.53. The summed E-state index contributed by atoms with van der Waals surface area (Å²) in [5, 5.41) is 3.01. The zero-order valence-corrected chi connectivity index (χ0v) is 16.2. The molecule has 26 heavy (non-hydrogen) atoms. The zero-order chi connectivity index (χ0) is 18.5. The number of aromatic nitrogens is 1. The van der Waals surface area contributed by atoms with Crippen LogP contribution >= 0.6 is 11.8 Å². The van der Waals surface area contributed by atoms with Crippen LogP contribution < -0.4 is 5.32 Å². The van der Waals surface area contributed by atoms with Crippen LogP contribution in [0.1, 0.15) is 23.6 Å². The van der Waals surface area contributed by atoms with Crippen molar-refractivity contribution in [2.45, 2.75) is 18.7 Å². The molecular formula is C23H23N2S. The summed E-state index contributed by atoms with van der Waals surface area (Å²) in [5.41, 5.74) is 5.02. The van der Waals surface area contributed by atoms with Crippen LogP contribution in [0.2, 0.25) is 0 Å². The van der Waals surface area contributed by atoms with Gasteiger partial charge in [0, 0.05) is 23.0 Å². The molecule has 0 bridgehead atoms. The van der Waals surface area contributed by atoms with Crippen molar-refractivity contribution in [1.29, 1.82) is 0 Å². The minimum Gasteiger partial charge on any atom is -0.373 e. The highest BCUT2D eigenvalue weighted by atomic mass is 32.2. The Balaban J connectivity index is 1.58. The van der Waals surface area contributed by atoms with E-state index in [1.165, 1.54) is 27.5 Å². The van der Waals surface area contributed by atoms with Crippen LogP contribution in [0.4, 0.5) is 5.82 Å². The lowest BCUT2D eigenvalue weighted by molar-refractivity contribution is 1.26. The van der Waals surface area contributed by atoms with E-state index < -0.39 is 0 Å². The molecule has 0 saturated heterocycles. The summed E-state index contributed by atoms with van der Waals surface area (Å²) in [6.07, 6.45) is 12.2. The highest BCUT2D eigenvalue weighted by Crippen LogP contribution is 2.40. The van der Waals surface area contributed by atoms with Crippen LogP contribution in [0.25, 0.3) is 6.08 Å². The molecule has 1 aliphatic rings. The first-order chi connectivity index (χ1) is 12.6. The Kier molecular flexibility index (Phi) is 5.79. The smallest absolute Gasteiger partial charge is 0.125 e. The number of pyridine rings is 1. The fraction of sp³-hybridized carbons (Fsp3) is 0.130. The van der Waals surface area contributed by atoms with E-state index >= 15 is 0 Å². The van der Waals surface area contributed by atoms with Crippen LogP contribution in [-0.4, -0.2) is 12.0 Å². The molecule has 3 heteroatoms. The number of rotatable bonds is 7. The van der Waals surface area contributed by atoms with Gasteiger partial charge < -0.3 is 5.32 Å². The fourth-order valence-corrected chi connectivity index (χ4v) is 3.37. The van der Waals surface area contributed by atoms with E-state index in [1.807, 2.05) is 49.7 Å². The van der Waals surface area contributed by atoms with Crippen molar-refractivity contribution in [3.8, 4) is 0 Å². The molecule has 0 saturated carbocycles. The van der Waals surface area contributed by atoms with Gasteiger partial charge in [0.05, 0.1) is 5.92 Å². The normalized spacial score (nSPS) is 14.0. The van der Waals surface area contributed by atoms with Gasteiger partial charge in [-0.3, -0.25) is 0 Å². The lowest BCUT2D eigenvalue weighted by atomic mass is 10.1. The average Bonchev–Trinajstić information content (AvgIpc) is 3.38. The number of nitrogens with one attached hydrogen (secondary N) is 1. The van der Waals surface area contributed by atoms with Crippen LogP contribution in [0.5, 0.6) is 0 Å². The van der Waals surface area contributed by atoms with Gasteiger partial charge in [0.2, 0.25) is 0 Å².